The van der Waals surface area contributed by atoms with Crippen LogP contribution in [0, 0.1) is 0 Å². The summed E-state index contributed by atoms with van der Waals surface area (Å²) in [6.07, 6.45) is -1.17. The third kappa shape index (κ3) is 5.06. The van der Waals surface area contributed by atoms with Gasteiger partial charge in [-0.05, 0) is 11.1 Å². The standard InChI is InChI=1S/C15H19N3O.C2HF3O2/c1-19-9-8-18-7-6-17-15(18)14-11-16-10-12-4-2-3-5-13(12)14;3-2(4,5)1(6)7/h2-7,14,16H,8-11H2,1H3;(H,6,7). The summed E-state index contributed by atoms with van der Waals surface area (Å²) in [4.78, 5) is 13.5. The number of nitrogens with one attached hydrogen (secondary N) is 1. The second-order valence-corrected chi connectivity index (χ2v) is 5.66. The molecule has 1 atom stereocenters. The quantitative estimate of drug-likeness (QED) is 0.863. The maximum atomic E-state index is 10.6. The average Bonchev–Trinajstić information content (AvgIpc) is 3.07. The van der Waals surface area contributed by atoms with Crippen molar-refractivity contribution < 1.29 is 27.8 Å². The molecular formula is C17H20F3N3O3. The molecule has 0 radical (unpaired) electrons. The van der Waals surface area contributed by atoms with E-state index in [0.717, 1.165) is 25.5 Å². The molecule has 1 aliphatic heterocycles. The Labute approximate surface area is 148 Å². The van der Waals surface area contributed by atoms with Crippen LogP contribution in [0.1, 0.15) is 22.9 Å². The number of aliphatic carboxylic acids is 1. The van der Waals surface area contributed by atoms with Gasteiger partial charge in [-0.25, -0.2) is 9.78 Å². The molecule has 0 amide bonds. The number of ether oxygens (including phenoxy) is 1. The lowest BCUT2D eigenvalue weighted by Gasteiger charge is -2.26. The average molecular weight is 371 g/mol. The van der Waals surface area contributed by atoms with Crippen LogP contribution in [0.4, 0.5) is 13.2 Å². The monoisotopic (exact) mass is 371 g/mol. The number of fused-ring (bicyclic) bond motifs is 1. The largest absolute Gasteiger partial charge is 0.490 e. The van der Waals surface area contributed by atoms with Gasteiger partial charge in [0.05, 0.1) is 12.5 Å². The van der Waals surface area contributed by atoms with E-state index in [1.54, 1.807) is 7.11 Å². The van der Waals surface area contributed by atoms with Gasteiger partial charge in [0.1, 0.15) is 5.82 Å². The lowest BCUT2D eigenvalue weighted by Crippen LogP contribution is -2.30. The van der Waals surface area contributed by atoms with E-state index in [4.69, 9.17) is 14.6 Å². The third-order valence-corrected chi connectivity index (χ3v) is 3.93. The van der Waals surface area contributed by atoms with Crippen LogP contribution in [0.5, 0.6) is 0 Å². The van der Waals surface area contributed by atoms with Crippen LogP contribution in [0.3, 0.4) is 0 Å². The molecule has 0 bridgehead atoms. The van der Waals surface area contributed by atoms with Gasteiger partial charge in [0, 0.05) is 39.1 Å². The van der Waals surface area contributed by atoms with Gasteiger partial charge in [-0.15, -0.1) is 0 Å². The molecule has 142 valence electrons. The lowest BCUT2D eigenvalue weighted by molar-refractivity contribution is -0.192. The maximum Gasteiger partial charge on any atom is 0.490 e. The van der Waals surface area contributed by atoms with E-state index in [9.17, 15) is 13.2 Å². The van der Waals surface area contributed by atoms with Crippen LogP contribution in [0.2, 0.25) is 0 Å². The molecule has 9 heteroatoms. The molecule has 1 unspecified atom stereocenters. The zero-order valence-electron chi connectivity index (χ0n) is 14.2. The normalized spacial score (nSPS) is 16.4. The summed E-state index contributed by atoms with van der Waals surface area (Å²) in [7, 11) is 1.73. The summed E-state index contributed by atoms with van der Waals surface area (Å²) in [6.45, 7) is 3.46. The molecule has 2 N–H and O–H groups in total. The Kier molecular flexibility index (Phi) is 6.76. The number of hydrogen-bond acceptors (Lipinski definition) is 4. The lowest BCUT2D eigenvalue weighted by atomic mass is 9.90. The van der Waals surface area contributed by atoms with Crippen LogP contribution in [0.25, 0.3) is 0 Å². The van der Waals surface area contributed by atoms with Crippen molar-refractivity contribution in [1.82, 2.24) is 14.9 Å². The molecule has 1 aliphatic rings. The fourth-order valence-electron chi connectivity index (χ4n) is 2.74. The first-order valence-corrected chi connectivity index (χ1v) is 7.93. The van der Waals surface area contributed by atoms with Gasteiger partial charge in [0.15, 0.2) is 0 Å². The number of benzene rings is 1. The third-order valence-electron chi connectivity index (χ3n) is 3.93. The van der Waals surface area contributed by atoms with Crippen molar-refractivity contribution in [2.75, 3.05) is 20.3 Å². The Balaban J connectivity index is 0.000000298. The van der Waals surface area contributed by atoms with E-state index in [1.807, 2.05) is 12.4 Å². The molecule has 0 fully saturated rings. The predicted molar refractivity (Wildman–Crippen MR) is 87.8 cm³/mol. The summed E-state index contributed by atoms with van der Waals surface area (Å²) in [5, 5.41) is 10.6. The molecule has 0 aliphatic carbocycles. The first-order valence-electron chi connectivity index (χ1n) is 7.93. The smallest absolute Gasteiger partial charge is 0.475 e. The van der Waals surface area contributed by atoms with Crippen LogP contribution >= 0.6 is 0 Å². The van der Waals surface area contributed by atoms with E-state index < -0.39 is 12.1 Å². The number of alkyl halides is 3. The van der Waals surface area contributed by atoms with Crippen molar-refractivity contribution in [2.45, 2.75) is 25.2 Å². The molecule has 0 saturated carbocycles. The first kappa shape index (κ1) is 19.9. The second-order valence-electron chi connectivity index (χ2n) is 5.66. The van der Waals surface area contributed by atoms with Crippen molar-refractivity contribution in [3.63, 3.8) is 0 Å². The highest BCUT2D eigenvalue weighted by Crippen LogP contribution is 2.28. The van der Waals surface area contributed by atoms with Gasteiger partial charge in [-0.1, -0.05) is 24.3 Å². The van der Waals surface area contributed by atoms with Gasteiger partial charge in [-0.3, -0.25) is 0 Å². The number of halogens is 3. The number of imidazole rings is 1. The highest BCUT2D eigenvalue weighted by Gasteiger charge is 2.38. The SMILES string of the molecule is COCCn1ccnc1C1CNCc2ccccc21.O=C(O)C(F)(F)F. The topological polar surface area (TPSA) is 76.4 Å². The van der Waals surface area contributed by atoms with Crippen LogP contribution < -0.4 is 5.32 Å². The number of aromatic nitrogens is 2. The fraction of sp³-hybridized carbons (Fsp3) is 0.412. The van der Waals surface area contributed by atoms with Crippen LogP contribution in [-0.2, 0) is 22.6 Å². The number of hydrogen-bond donors (Lipinski definition) is 2. The summed E-state index contributed by atoms with van der Waals surface area (Å²) in [5.74, 6) is -1.30. The summed E-state index contributed by atoms with van der Waals surface area (Å²) in [6, 6.07) is 8.62. The molecule has 1 aromatic heterocycles. The Hall–Kier alpha value is -2.39. The Morgan fingerprint density at radius 2 is 2.12 bits per heavy atom. The van der Waals surface area contributed by atoms with Gasteiger partial charge >= 0.3 is 12.1 Å². The minimum Gasteiger partial charge on any atom is -0.475 e. The second kappa shape index (κ2) is 8.81. The van der Waals surface area contributed by atoms with E-state index >= 15 is 0 Å². The fourth-order valence-corrected chi connectivity index (χ4v) is 2.74. The summed E-state index contributed by atoms with van der Waals surface area (Å²) in [5.41, 5.74) is 2.77. The van der Waals surface area contributed by atoms with Gasteiger partial charge in [0.2, 0.25) is 0 Å². The van der Waals surface area contributed by atoms with Crippen molar-refractivity contribution in [2.24, 2.45) is 0 Å². The zero-order chi connectivity index (χ0) is 19.2. The summed E-state index contributed by atoms with van der Waals surface area (Å²) >= 11 is 0. The maximum absolute atomic E-state index is 10.6. The molecule has 0 spiro atoms. The highest BCUT2D eigenvalue weighted by molar-refractivity contribution is 5.73. The van der Waals surface area contributed by atoms with Crippen molar-refractivity contribution in [3.8, 4) is 0 Å². The van der Waals surface area contributed by atoms with Crippen molar-refractivity contribution in [1.29, 1.82) is 0 Å². The van der Waals surface area contributed by atoms with Crippen molar-refractivity contribution in [3.05, 3.63) is 53.6 Å². The Morgan fingerprint density at radius 3 is 2.77 bits per heavy atom. The Bertz CT molecular complexity index is 731. The number of carboxylic acids is 1. The van der Waals surface area contributed by atoms with Gasteiger partial charge in [0.25, 0.3) is 0 Å². The first-order chi connectivity index (χ1) is 12.3. The number of nitrogens with zero attached hydrogens (tertiary/aromatic N) is 2. The van der Waals surface area contributed by atoms with Crippen molar-refractivity contribution >= 4 is 5.97 Å². The molecule has 0 saturated heterocycles. The van der Waals surface area contributed by atoms with E-state index in [-0.39, 0.29) is 0 Å². The number of carbonyl (C=O) groups is 1. The van der Waals surface area contributed by atoms with Crippen LogP contribution in [-0.4, -0.2) is 47.1 Å². The van der Waals surface area contributed by atoms with E-state index in [1.165, 1.54) is 11.1 Å². The molecule has 6 nitrogen and oxygen atoms in total. The van der Waals surface area contributed by atoms with E-state index in [0.29, 0.717) is 12.5 Å². The number of rotatable bonds is 4. The molecule has 2 heterocycles. The van der Waals surface area contributed by atoms with E-state index in [2.05, 4.69) is 39.1 Å². The number of carboxylic acid groups (broad SMARTS) is 1. The molecular weight excluding hydrogens is 351 g/mol. The van der Waals surface area contributed by atoms with Gasteiger partial charge < -0.3 is 19.7 Å². The molecule has 3 rings (SSSR count). The Morgan fingerprint density at radius 1 is 1.42 bits per heavy atom. The number of methoxy groups -OCH3 is 1. The minimum atomic E-state index is -5.08. The van der Waals surface area contributed by atoms with Crippen LogP contribution in [0.15, 0.2) is 36.7 Å². The molecule has 26 heavy (non-hydrogen) atoms. The molecule has 2 aromatic rings. The predicted octanol–water partition coefficient (Wildman–Crippen LogP) is 2.40. The zero-order valence-corrected chi connectivity index (χ0v) is 14.2. The van der Waals surface area contributed by atoms with Gasteiger partial charge in [-0.2, -0.15) is 13.2 Å². The summed E-state index contributed by atoms with van der Waals surface area (Å²) < 4.78 is 39.1. The minimum absolute atomic E-state index is 0.330. The highest BCUT2D eigenvalue weighted by atomic mass is 19.4. The molecule has 1 aromatic carbocycles.